The number of hydrogen-bond acceptors (Lipinski definition) is 0. The molecule has 0 radical (unpaired) electrons. The van der Waals surface area contributed by atoms with E-state index in [-0.39, 0.29) is 0 Å². The van der Waals surface area contributed by atoms with Gasteiger partial charge < -0.3 is 0 Å². The fourth-order valence-corrected chi connectivity index (χ4v) is 1.80. The smallest absolute Gasteiger partial charge is 0.0264 e. The molecular formula is C9H21P. The van der Waals surface area contributed by atoms with Crippen LogP contribution in [0.1, 0.15) is 46.5 Å². The van der Waals surface area contributed by atoms with Gasteiger partial charge >= 0.3 is 0 Å². The van der Waals surface area contributed by atoms with Gasteiger partial charge in [-0.05, 0) is 11.6 Å². The van der Waals surface area contributed by atoms with Crippen molar-refractivity contribution in [2.75, 3.05) is 0 Å². The Bertz CT molecular complexity index is 63.1. The summed E-state index contributed by atoms with van der Waals surface area (Å²) in [6.07, 6.45) is 5.48. The van der Waals surface area contributed by atoms with Crippen molar-refractivity contribution in [3.05, 3.63) is 0 Å². The van der Waals surface area contributed by atoms with Gasteiger partial charge in [-0.1, -0.05) is 46.5 Å². The van der Waals surface area contributed by atoms with Crippen molar-refractivity contribution in [2.45, 2.75) is 52.1 Å². The highest BCUT2D eigenvalue weighted by Crippen LogP contribution is 2.22. The molecule has 0 aromatic heterocycles. The highest BCUT2D eigenvalue weighted by atomic mass is 31.0. The van der Waals surface area contributed by atoms with Crippen molar-refractivity contribution in [3.8, 4) is 0 Å². The predicted molar refractivity (Wildman–Crippen MR) is 52.5 cm³/mol. The van der Waals surface area contributed by atoms with E-state index < -0.39 is 0 Å². The molecule has 0 aliphatic heterocycles. The third-order valence-electron chi connectivity index (χ3n) is 2.06. The summed E-state index contributed by atoms with van der Waals surface area (Å²) < 4.78 is 0. The summed E-state index contributed by atoms with van der Waals surface area (Å²) in [5.41, 5.74) is 0.805. The molecule has 0 aliphatic carbocycles. The first-order chi connectivity index (χ1) is 4.72. The first-order valence-electron chi connectivity index (χ1n) is 4.47. The Morgan fingerprint density at radius 3 is 1.70 bits per heavy atom. The molecule has 1 heteroatoms. The fraction of sp³-hybridized carbons (Fsp3) is 1.00. The SMILES string of the molecule is CCCC(CCC)C(C)P. The molecule has 0 aromatic carbocycles. The minimum atomic E-state index is 0.805. The van der Waals surface area contributed by atoms with Gasteiger partial charge in [-0.15, -0.1) is 9.24 Å². The molecule has 62 valence electrons. The Morgan fingerprint density at radius 1 is 1.10 bits per heavy atom. The molecule has 0 fully saturated rings. The molecule has 0 N–H and O–H groups in total. The van der Waals surface area contributed by atoms with E-state index in [1.54, 1.807) is 0 Å². The number of hydrogen-bond donors (Lipinski definition) is 0. The van der Waals surface area contributed by atoms with Gasteiger partial charge in [0.25, 0.3) is 0 Å². The zero-order valence-corrected chi connectivity index (χ0v) is 8.72. The fourth-order valence-electron chi connectivity index (χ4n) is 1.41. The van der Waals surface area contributed by atoms with Gasteiger partial charge in [-0.3, -0.25) is 0 Å². The van der Waals surface area contributed by atoms with Crippen LogP contribution in [0.15, 0.2) is 0 Å². The second-order valence-electron chi connectivity index (χ2n) is 3.20. The van der Waals surface area contributed by atoms with Gasteiger partial charge in [0.1, 0.15) is 0 Å². The van der Waals surface area contributed by atoms with Gasteiger partial charge in [0.15, 0.2) is 0 Å². The molecule has 2 unspecified atom stereocenters. The van der Waals surface area contributed by atoms with Crippen molar-refractivity contribution in [3.63, 3.8) is 0 Å². The molecule has 0 amide bonds. The molecule has 0 bridgehead atoms. The zero-order chi connectivity index (χ0) is 7.98. The molecule has 0 saturated heterocycles. The summed E-state index contributed by atoms with van der Waals surface area (Å²) in [5.74, 6) is 0.944. The summed E-state index contributed by atoms with van der Waals surface area (Å²) in [5, 5.41) is 0. The second-order valence-corrected chi connectivity index (χ2v) is 4.25. The van der Waals surface area contributed by atoms with Gasteiger partial charge in [0, 0.05) is 0 Å². The summed E-state index contributed by atoms with van der Waals surface area (Å²) in [6.45, 7) is 6.85. The van der Waals surface area contributed by atoms with E-state index in [1.165, 1.54) is 25.7 Å². The van der Waals surface area contributed by atoms with Crippen molar-refractivity contribution in [2.24, 2.45) is 5.92 Å². The lowest BCUT2D eigenvalue weighted by molar-refractivity contribution is 0.437. The van der Waals surface area contributed by atoms with E-state index in [0.29, 0.717) is 0 Å². The molecule has 0 spiro atoms. The van der Waals surface area contributed by atoms with Crippen LogP contribution in [0.2, 0.25) is 0 Å². The van der Waals surface area contributed by atoms with Crippen molar-refractivity contribution in [1.82, 2.24) is 0 Å². The minimum Gasteiger partial charge on any atom is -0.134 e. The summed E-state index contributed by atoms with van der Waals surface area (Å²) in [4.78, 5) is 0. The Morgan fingerprint density at radius 2 is 1.50 bits per heavy atom. The van der Waals surface area contributed by atoms with Gasteiger partial charge in [0.2, 0.25) is 0 Å². The second kappa shape index (κ2) is 6.16. The molecule has 0 heterocycles. The molecule has 0 aliphatic rings. The van der Waals surface area contributed by atoms with E-state index in [0.717, 1.165) is 11.6 Å². The maximum Gasteiger partial charge on any atom is -0.0264 e. The molecule has 10 heavy (non-hydrogen) atoms. The van der Waals surface area contributed by atoms with E-state index in [9.17, 15) is 0 Å². The van der Waals surface area contributed by atoms with E-state index in [2.05, 4.69) is 30.0 Å². The topological polar surface area (TPSA) is 0 Å². The van der Waals surface area contributed by atoms with E-state index in [1.807, 2.05) is 0 Å². The highest BCUT2D eigenvalue weighted by molar-refractivity contribution is 7.17. The summed E-state index contributed by atoms with van der Waals surface area (Å²) >= 11 is 0. The average molecular weight is 160 g/mol. The van der Waals surface area contributed by atoms with Crippen LogP contribution >= 0.6 is 9.24 Å². The van der Waals surface area contributed by atoms with Crippen molar-refractivity contribution >= 4 is 9.24 Å². The highest BCUT2D eigenvalue weighted by Gasteiger charge is 2.10. The van der Waals surface area contributed by atoms with Crippen LogP contribution in [-0.4, -0.2) is 5.66 Å². The van der Waals surface area contributed by atoms with Gasteiger partial charge in [-0.25, -0.2) is 0 Å². The lowest BCUT2D eigenvalue weighted by Gasteiger charge is -2.18. The Hall–Kier alpha value is 0.430. The molecule has 0 nitrogen and oxygen atoms in total. The predicted octanol–water partition coefficient (Wildman–Crippen LogP) is 3.47. The third-order valence-corrected chi connectivity index (χ3v) is 2.61. The summed E-state index contributed by atoms with van der Waals surface area (Å²) in [6, 6.07) is 0. The molecular weight excluding hydrogens is 139 g/mol. The lowest BCUT2D eigenvalue weighted by Crippen LogP contribution is -2.09. The first-order valence-corrected chi connectivity index (χ1v) is 5.14. The van der Waals surface area contributed by atoms with Crippen LogP contribution in [0.5, 0.6) is 0 Å². The molecule has 0 rings (SSSR count). The van der Waals surface area contributed by atoms with Crippen molar-refractivity contribution in [1.29, 1.82) is 0 Å². The molecule has 2 atom stereocenters. The minimum absolute atomic E-state index is 0.805. The monoisotopic (exact) mass is 160 g/mol. The average Bonchev–Trinajstić information content (AvgIpc) is 1.87. The number of rotatable bonds is 5. The Labute approximate surface area is 68.0 Å². The van der Waals surface area contributed by atoms with Gasteiger partial charge in [-0.2, -0.15) is 0 Å². The normalized spacial score (nSPS) is 14.1. The van der Waals surface area contributed by atoms with Crippen LogP contribution in [0, 0.1) is 5.92 Å². The largest absolute Gasteiger partial charge is 0.134 e. The zero-order valence-electron chi connectivity index (χ0n) is 7.56. The van der Waals surface area contributed by atoms with Crippen LogP contribution in [0.25, 0.3) is 0 Å². The standard InChI is InChI=1S/C9H21P/c1-4-6-9(7-5-2)8(3)10/h8-9H,4-7,10H2,1-3H3. The maximum atomic E-state index is 2.92. The molecule has 0 aromatic rings. The van der Waals surface area contributed by atoms with E-state index >= 15 is 0 Å². The third kappa shape index (κ3) is 4.28. The van der Waals surface area contributed by atoms with Crippen molar-refractivity contribution < 1.29 is 0 Å². The lowest BCUT2D eigenvalue weighted by atomic mass is 9.95. The van der Waals surface area contributed by atoms with Crippen LogP contribution < -0.4 is 0 Å². The van der Waals surface area contributed by atoms with Gasteiger partial charge in [0.05, 0.1) is 0 Å². The Kier molecular flexibility index (Phi) is 6.43. The maximum absolute atomic E-state index is 2.92. The first kappa shape index (κ1) is 10.4. The van der Waals surface area contributed by atoms with Crippen LogP contribution in [0.3, 0.4) is 0 Å². The molecule has 0 saturated carbocycles. The Balaban J connectivity index is 3.50. The quantitative estimate of drug-likeness (QED) is 0.540. The van der Waals surface area contributed by atoms with Crippen LogP contribution in [-0.2, 0) is 0 Å². The summed E-state index contributed by atoms with van der Waals surface area (Å²) in [7, 11) is 2.92. The van der Waals surface area contributed by atoms with E-state index in [4.69, 9.17) is 0 Å². The van der Waals surface area contributed by atoms with Crippen LogP contribution in [0.4, 0.5) is 0 Å².